The van der Waals surface area contributed by atoms with Gasteiger partial charge in [0.05, 0.1) is 0 Å². The van der Waals surface area contributed by atoms with Gasteiger partial charge in [-0.3, -0.25) is 0 Å². The first-order chi connectivity index (χ1) is 9.06. The molecule has 0 fully saturated rings. The number of carbonyl (C=O) groups is 1. The van der Waals surface area contributed by atoms with E-state index in [9.17, 15) is 14.3 Å². The van der Waals surface area contributed by atoms with Gasteiger partial charge in [0.1, 0.15) is 29.5 Å². The van der Waals surface area contributed by atoms with Crippen molar-refractivity contribution in [1.82, 2.24) is 0 Å². The molecule has 0 aliphatic heterocycles. The molecule has 98 valence electrons. The highest BCUT2D eigenvalue weighted by atomic mass is 19.1. The van der Waals surface area contributed by atoms with Crippen LogP contribution in [0.5, 0.6) is 11.5 Å². The minimum Gasteiger partial charge on any atom is -0.508 e. The van der Waals surface area contributed by atoms with Crippen molar-refractivity contribution < 1.29 is 24.1 Å². The summed E-state index contributed by atoms with van der Waals surface area (Å²) < 4.78 is 18.4. The summed E-state index contributed by atoms with van der Waals surface area (Å²) >= 11 is 0. The monoisotopic (exact) mass is 262 g/mol. The average molecular weight is 262 g/mol. The lowest BCUT2D eigenvalue weighted by molar-refractivity contribution is 0.0691. The molecule has 4 nitrogen and oxygen atoms in total. The highest BCUT2D eigenvalue weighted by Gasteiger charge is 2.12. The number of aromatic carboxylic acids is 1. The molecule has 0 aromatic heterocycles. The third-order valence-electron chi connectivity index (χ3n) is 2.48. The van der Waals surface area contributed by atoms with Crippen molar-refractivity contribution >= 4 is 5.97 Å². The number of halogens is 1. The fourth-order valence-corrected chi connectivity index (χ4v) is 1.60. The minimum absolute atomic E-state index is 0.0398. The van der Waals surface area contributed by atoms with Gasteiger partial charge in [-0.05, 0) is 29.8 Å². The number of ether oxygens (including phenoxy) is 1. The molecule has 0 saturated heterocycles. The molecule has 0 bridgehead atoms. The van der Waals surface area contributed by atoms with Gasteiger partial charge < -0.3 is 14.9 Å². The van der Waals surface area contributed by atoms with Gasteiger partial charge in [-0.2, -0.15) is 0 Å². The van der Waals surface area contributed by atoms with Gasteiger partial charge in [-0.1, -0.05) is 12.1 Å². The standard InChI is InChI=1S/C14H11FO4/c15-10-4-5-12(14(17)18)13(7-10)19-8-9-2-1-3-11(16)6-9/h1-7,16H,8H2,(H,17,18). The first-order valence-corrected chi connectivity index (χ1v) is 5.50. The van der Waals surface area contributed by atoms with E-state index in [2.05, 4.69) is 0 Å². The fraction of sp³-hybridized carbons (Fsp3) is 0.0714. The molecule has 5 heteroatoms. The number of benzene rings is 2. The fourth-order valence-electron chi connectivity index (χ4n) is 1.60. The van der Waals surface area contributed by atoms with E-state index < -0.39 is 11.8 Å². The highest BCUT2D eigenvalue weighted by Crippen LogP contribution is 2.22. The zero-order chi connectivity index (χ0) is 13.8. The zero-order valence-corrected chi connectivity index (χ0v) is 9.84. The van der Waals surface area contributed by atoms with E-state index in [1.165, 1.54) is 12.1 Å². The summed E-state index contributed by atoms with van der Waals surface area (Å²) in [5, 5.41) is 18.2. The second-order valence-electron chi connectivity index (χ2n) is 3.90. The van der Waals surface area contributed by atoms with Gasteiger partial charge >= 0.3 is 5.97 Å². The van der Waals surface area contributed by atoms with E-state index in [4.69, 9.17) is 9.84 Å². The summed E-state index contributed by atoms with van der Waals surface area (Å²) in [5.41, 5.74) is 0.544. The first kappa shape index (κ1) is 12.9. The molecule has 2 N–H and O–H groups in total. The second-order valence-corrected chi connectivity index (χ2v) is 3.90. The third kappa shape index (κ3) is 3.22. The lowest BCUT2D eigenvalue weighted by Crippen LogP contribution is -2.03. The van der Waals surface area contributed by atoms with Gasteiger partial charge in [-0.25, -0.2) is 9.18 Å². The van der Waals surface area contributed by atoms with Crippen molar-refractivity contribution in [3.63, 3.8) is 0 Å². The Hall–Kier alpha value is -2.56. The van der Waals surface area contributed by atoms with E-state index in [1.807, 2.05) is 0 Å². The Morgan fingerprint density at radius 2 is 2.00 bits per heavy atom. The SMILES string of the molecule is O=C(O)c1ccc(F)cc1OCc1cccc(O)c1. The summed E-state index contributed by atoms with van der Waals surface area (Å²) in [6, 6.07) is 9.57. The van der Waals surface area contributed by atoms with Crippen LogP contribution >= 0.6 is 0 Å². The molecule has 2 aromatic rings. The summed E-state index contributed by atoms with van der Waals surface area (Å²) in [5.74, 6) is -1.73. The van der Waals surface area contributed by atoms with Crippen LogP contribution < -0.4 is 4.74 Å². The summed E-state index contributed by atoms with van der Waals surface area (Å²) in [4.78, 5) is 11.0. The second kappa shape index (κ2) is 5.39. The first-order valence-electron chi connectivity index (χ1n) is 5.50. The Balaban J connectivity index is 2.19. The van der Waals surface area contributed by atoms with Crippen LogP contribution in [-0.4, -0.2) is 16.2 Å². The molecule has 0 atom stereocenters. The summed E-state index contributed by atoms with van der Waals surface area (Å²) in [6.07, 6.45) is 0. The predicted molar refractivity (Wildman–Crippen MR) is 65.8 cm³/mol. The van der Waals surface area contributed by atoms with Gasteiger partial charge in [0.15, 0.2) is 0 Å². The number of carboxylic acids is 1. The van der Waals surface area contributed by atoms with E-state index >= 15 is 0 Å². The molecule has 0 unspecified atom stereocenters. The molecule has 0 saturated carbocycles. The lowest BCUT2D eigenvalue weighted by atomic mass is 10.2. The van der Waals surface area contributed by atoms with Gasteiger partial charge in [0, 0.05) is 6.07 Å². The Bertz CT molecular complexity index is 610. The largest absolute Gasteiger partial charge is 0.508 e. The Morgan fingerprint density at radius 1 is 1.21 bits per heavy atom. The number of hydrogen-bond donors (Lipinski definition) is 2. The van der Waals surface area contributed by atoms with E-state index in [1.54, 1.807) is 12.1 Å². The normalized spacial score (nSPS) is 10.2. The maximum Gasteiger partial charge on any atom is 0.339 e. The predicted octanol–water partition coefficient (Wildman–Crippen LogP) is 2.81. The third-order valence-corrected chi connectivity index (χ3v) is 2.48. The number of phenols is 1. The Labute approximate surface area is 108 Å². The molecule has 0 aliphatic carbocycles. The van der Waals surface area contributed by atoms with Crippen molar-refractivity contribution in [2.75, 3.05) is 0 Å². The molecule has 0 spiro atoms. The van der Waals surface area contributed by atoms with Crippen LogP contribution in [0, 0.1) is 5.82 Å². The van der Waals surface area contributed by atoms with Gasteiger partial charge in [0.2, 0.25) is 0 Å². The number of rotatable bonds is 4. The smallest absolute Gasteiger partial charge is 0.339 e. The molecule has 0 heterocycles. The quantitative estimate of drug-likeness (QED) is 0.889. The van der Waals surface area contributed by atoms with E-state index in [0.717, 1.165) is 18.2 Å². The highest BCUT2D eigenvalue weighted by molar-refractivity contribution is 5.90. The topological polar surface area (TPSA) is 66.8 Å². The minimum atomic E-state index is -1.19. The molecule has 0 radical (unpaired) electrons. The Morgan fingerprint density at radius 3 is 2.68 bits per heavy atom. The van der Waals surface area contributed by atoms with Crippen LogP contribution in [0.3, 0.4) is 0 Å². The van der Waals surface area contributed by atoms with Crippen LogP contribution in [0.25, 0.3) is 0 Å². The summed E-state index contributed by atoms with van der Waals surface area (Å²) in [6.45, 7) is 0.0398. The number of carboxylic acid groups (broad SMARTS) is 1. The van der Waals surface area contributed by atoms with Crippen LogP contribution in [0.2, 0.25) is 0 Å². The van der Waals surface area contributed by atoms with Crippen molar-refractivity contribution in [2.45, 2.75) is 6.61 Å². The van der Waals surface area contributed by atoms with Crippen molar-refractivity contribution in [2.24, 2.45) is 0 Å². The molecule has 0 amide bonds. The van der Waals surface area contributed by atoms with Crippen LogP contribution in [-0.2, 0) is 6.61 Å². The average Bonchev–Trinajstić information content (AvgIpc) is 2.36. The van der Waals surface area contributed by atoms with E-state index in [0.29, 0.717) is 5.56 Å². The van der Waals surface area contributed by atoms with Crippen molar-refractivity contribution in [3.8, 4) is 11.5 Å². The van der Waals surface area contributed by atoms with Gasteiger partial charge in [-0.15, -0.1) is 0 Å². The molecular weight excluding hydrogens is 251 g/mol. The van der Waals surface area contributed by atoms with E-state index in [-0.39, 0.29) is 23.7 Å². The van der Waals surface area contributed by atoms with Crippen molar-refractivity contribution in [3.05, 3.63) is 59.4 Å². The summed E-state index contributed by atoms with van der Waals surface area (Å²) in [7, 11) is 0. The van der Waals surface area contributed by atoms with Crippen LogP contribution in [0.15, 0.2) is 42.5 Å². The molecule has 0 aliphatic rings. The van der Waals surface area contributed by atoms with Crippen molar-refractivity contribution in [1.29, 1.82) is 0 Å². The number of hydrogen-bond acceptors (Lipinski definition) is 3. The zero-order valence-electron chi connectivity index (χ0n) is 9.84. The van der Waals surface area contributed by atoms with Crippen LogP contribution in [0.1, 0.15) is 15.9 Å². The molecule has 2 rings (SSSR count). The molecular formula is C14H11FO4. The molecule has 19 heavy (non-hydrogen) atoms. The lowest BCUT2D eigenvalue weighted by Gasteiger charge is -2.09. The number of phenolic OH excluding ortho intramolecular Hbond substituents is 1. The number of aromatic hydroxyl groups is 1. The maximum absolute atomic E-state index is 13.1. The van der Waals surface area contributed by atoms with Crippen LogP contribution in [0.4, 0.5) is 4.39 Å². The van der Waals surface area contributed by atoms with Gasteiger partial charge in [0.25, 0.3) is 0 Å². The Kier molecular flexibility index (Phi) is 3.66. The maximum atomic E-state index is 13.1. The molecule has 2 aromatic carbocycles.